The third-order valence-corrected chi connectivity index (χ3v) is 5.31. The van der Waals surface area contributed by atoms with Crippen LogP contribution >= 0.6 is 11.8 Å². The fourth-order valence-electron chi connectivity index (χ4n) is 2.81. The van der Waals surface area contributed by atoms with E-state index in [4.69, 9.17) is 16.2 Å². The van der Waals surface area contributed by atoms with E-state index in [0.717, 1.165) is 22.4 Å². The Morgan fingerprint density at radius 1 is 1.25 bits per heavy atom. The van der Waals surface area contributed by atoms with Crippen LogP contribution in [0.3, 0.4) is 0 Å². The molecule has 1 fully saturated rings. The highest BCUT2D eigenvalue weighted by Gasteiger charge is 2.32. The molecule has 0 saturated carbocycles. The number of ether oxygens (including phenoxy) is 1. The van der Waals surface area contributed by atoms with Gasteiger partial charge in [-0.05, 0) is 61.9 Å². The number of hydrogen-bond donors (Lipinski definition) is 0. The summed E-state index contributed by atoms with van der Waals surface area (Å²) in [7, 11) is 0. The van der Waals surface area contributed by atoms with Crippen molar-refractivity contribution in [2.75, 3.05) is 13.2 Å². The second-order valence-electron chi connectivity index (χ2n) is 6.38. The summed E-state index contributed by atoms with van der Waals surface area (Å²) in [6.07, 6.45) is 7.13. The lowest BCUT2D eigenvalue weighted by Crippen LogP contribution is -2.28. The van der Waals surface area contributed by atoms with Crippen molar-refractivity contribution in [1.29, 1.82) is 0 Å². The average molecular weight is 391 g/mol. The molecule has 2 aromatic rings. The number of hydrogen-bond acceptors (Lipinski definition) is 4. The van der Waals surface area contributed by atoms with Gasteiger partial charge in [0.1, 0.15) is 12.4 Å². The van der Waals surface area contributed by atoms with E-state index in [2.05, 4.69) is 12.0 Å². The van der Waals surface area contributed by atoms with E-state index in [1.54, 1.807) is 4.90 Å². The molecule has 3 rings (SSSR count). The molecule has 4 nitrogen and oxygen atoms in total. The van der Waals surface area contributed by atoms with Gasteiger partial charge in [0.05, 0.1) is 10.6 Å². The molecule has 0 spiro atoms. The van der Waals surface area contributed by atoms with Crippen LogP contribution in [-0.4, -0.2) is 29.1 Å². The fraction of sp³-hybridized carbons (Fsp3) is 0.217. The summed E-state index contributed by atoms with van der Waals surface area (Å²) in [4.78, 5) is 20.0. The first-order chi connectivity index (χ1) is 13.5. The van der Waals surface area contributed by atoms with E-state index >= 15 is 0 Å². The fourth-order valence-corrected chi connectivity index (χ4v) is 3.85. The predicted octanol–water partition coefficient (Wildman–Crippen LogP) is 4.94. The molecule has 0 radical (unpaired) electrons. The number of amidine groups is 1. The molecule has 1 aliphatic rings. The van der Waals surface area contributed by atoms with E-state index < -0.39 is 0 Å². The molecule has 5 heteroatoms. The minimum atomic E-state index is -0.0525. The van der Waals surface area contributed by atoms with Crippen molar-refractivity contribution in [2.45, 2.75) is 20.8 Å². The van der Waals surface area contributed by atoms with Gasteiger partial charge >= 0.3 is 0 Å². The molecule has 0 N–H and O–H groups in total. The van der Waals surface area contributed by atoms with Gasteiger partial charge in [-0.3, -0.25) is 9.69 Å². The third-order valence-electron chi connectivity index (χ3n) is 4.30. The van der Waals surface area contributed by atoms with E-state index in [-0.39, 0.29) is 12.5 Å². The number of carbonyl (C=O) groups excluding carboxylic acids is 1. The lowest BCUT2D eigenvalue weighted by atomic mass is 10.1. The molecule has 142 valence electrons. The number of benzene rings is 2. The van der Waals surface area contributed by atoms with Crippen LogP contribution in [0.5, 0.6) is 5.75 Å². The molecule has 2 aromatic carbocycles. The van der Waals surface area contributed by atoms with Crippen LogP contribution in [0.2, 0.25) is 0 Å². The third kappa shape index (κ3) is 4.29. The van der Waals surface area contributed by atoms with Crippen LogP contribution in [-0.2, 0) is 4.79 Å². The van der Waals surface area contributed by atoms with Gasteiger partial charge in [0.2, 0.25) is 0 Å². The van der Waals surface area contributed by atoms with Crippen molar-refractivity contribution >= 4 is 34.6 Å². The van der Waals surface area contributed by atoms with Crippen LogP contribution in [0.25, 0.3) is 6.08 Å². The Balaban J connectivity index is 1.96. The maximum atomic E-state index is 12.9. The largest absolute Gasteiger partial charge is 0.480 e. The minimum absolute atomic E-state index is 0.0525. The summed E-state index contributed by atoms with van der Waals surface area (Å²) in [5.41, 5.74) is 3.91. The highest BCUT2D eigenvalue weighted by atomic mass is 32.2. The Morgan fingerprint density at radius 2 is 2.04 bits per heavy atom. The van der Waals surface area contributed by atoms with Crippen molar-refractivity contribution in [3.63, 3.8) is 0 Å². The summed E-state index contributed by atoms with van der Waals surface area (Å²) in [6, 6.07) is 13.7. The second-order valence-corrected chi connectivity index (χ2v) is 7.38. The number of para-hydroxylation sites is 1. The molecular formula is C23H22N2O2S. The van der Waals surface area contributed by atoms with Crippen molar-refractivity contribution in [3.05, 3.63) is 64.1 Å². The van der Waals surface area contributed by atoms with Crippen LogP contribution in [0.4, 0.5) is 5.69 Å². The number of aryl methyl sites for hydroxylation is 2. The molecular weight excluding hydrogens is 368 g/mol. The van der Waals surface area contributed by atoms with E-state index in [0.29, 0.717) is 22.4 Å². The molecule has 1 aliphatic heterocycles. The number of nitrogens with zero attached hydrogens (tertiary/aromatic N) is 2. The van der Waals surface area contributed by atoms with Crippen LogP contribution in [0.1, 0.15) is 23.6 Å². The van der Waals surface area contributed by atoms with Gasteiger partial charge in [0.15, 0.2) is 5.17 Å². The minimum Gasteiger partial charge on any atom is -0.480 e. The number of terminal acetylenes is 1. The van der Waals surface area contributed by atoms with Crippen LogP contribution in [0.15, 0.2) is 52.4 Å². The first-order valence-corrected chi connectivity index (χ1v) is 9.87. The van der Waals surface area contributed by atoms with E-state index in [1.165, 1.54) is 11.8 Å². The molecule has 0 bridgehead atoms. The molecule has 0 unspecified atom stereocenters. The molecule has 0 aliphatic carbocycles. The van der Waals surface area contributed by atoms with Gasteiger partial charge in [-0.15, -0.1) is 6.42 Å². The van der Waals surface area contributed by atoms with Crippen molar-refractivity contribution in [1.82, 2.24) is 4.90 Å². The van der Waals surface area contributed by atoms with Gasteiger partial charge in [0, 0.05) is 12.1 Å². The monoisotopic (exact) mass is 390 g/mol. The lowest BCUT2D eigenvalue weighted by molar-refractivity contribution is -0.122. The smallest absolute Gasteiger partial charge is 0.266 e. The number of carbonyl (C=O) groups is 1. The topological polar surface area (TPSA) is 41.9 Å². The zero-order valence-corrected chi connectivity index (χ0v) is 17.0. The van der Waals surface area contributed by atoms with Gasteiger partial charge in [0.25, 0.3) is 5.91 Å². The first kappa shape index (κ1) is 19.8. The Hall–Kier alpha value is -2.97. The molecule has 1 heterocycles. The number of amides is 1. The van der Waals surface area contributed by atoms with E-state index in [9.17, 15) is 4.79 Å². The second kappa shape index (κ2) is 8.81. The molecule has 1 amide bonds. The molecule has 28 heavy (non-hydrogen) atoms. The van der Waals surface area contributed by atoms with Crippen LogP contribution < -0.4 is 4.74 Å². The SMILES string of the molecule is C#CCOc1ccccc1/C=C1/SC(=Nc2cc(C)ccc2C)N(CC)C1=O. The quantitative estimate of drug-likeness (QED) is 0.536. The molecule has 1 saturated heterocycles. The number of thioether (sulfide) groups is 1. The maximum absolute atomic E-state index is 12.9. The Bertz CT molecular complexity index is 1000. The summed E-state index contributed by atoms with van der Waals surface area (Å²) < 4.78 is 5.59. The van der Waals surface area contributed by atoms with Crippen molar-refractivity contribution < 1.29 is 9.53 Å². The zero-order chi connectivity index (χ0) is 20.1. The normalized spacial score (nSPS) is 16.6. The highest BCUT2D eigenvalue weighted by Crippen LogP contribution is 2.36. The average Bonchev–Trinajstić information content (AvgIpc) is 2.98. The van der Waals surface area contributed by atoms with Gasteiger partial charge < -0.3 is 4.74 Å². The van der Waals surface area contributed by atoms with Gasteiger partial charge in [-0.25, -0.2) is 4.99 Å². The summed E-state index contributed by atoms with van der Waals surface area (Å²) >= 11 is 1.38. The maximum Gasteiger partial charge on any atom is 0.266 e. The van der Waals surface area contributed by atoms with Crippen molar-refractivity contribution in [3.8, 4) is 18.1 Å². The number of aliphatic imine (C=N–C) groups is 1. The van der Waals surface area contributed by atoms with Gasteiger partial charge in [-0.1, -0.05) is 36.3 Å². The molecule has 0 aromatic heterocycles. The van der Waals surface area contributed by atoms with Crippen molar-refractivity contribution in [2.24, 2.45) is 4.99 Å². The number of rotatable bonds is 5. The highest BCUT2D eigenvalue weighted by molar-refractivity contribution is 8.18. The zero-order valence-electron chi connectivity index (χ0n) is 16.2. The lowest BCUT2D eigenvalue weighted by Gasteiger charge is -2.12. The number of likely N-dealkylation sites (N-methyl/N-ethyl adjacent to an activating group) is 1. The van der Waals surface area contributed by atoms with E-state index in [1.807, 2.05) is 63.2 Å². The Kier molecular flexibility index (Phi) is 6.23. The van der Waals surface area contributed by atoms with Gasteiger partial charge in [-0.2, -0.15) is 0 Å². The Morgan fingerprint density at radius 3 is 2.79 bits per heavy atom. The predicted molar refractivity (Wildman–Crippen MR) is 117 cm³/mol. The Labute approximate surface area is 170 Å². The first-order valence-electron chi connectivity index (χ1n) is 9.06. The van der Waals surface area contributed by atoms with Crippen LogP contribution in [0, 0.1) is 26.2 Å². The molecule has 0 atom stereocenters. The standard InChI is InChI=1S/C23H22N2O2S/c1-5-13-27-20-10-8-7-9-18(20)15-21-22(26)25(6-2)23(28-21)24-19-14-16(3)11-12-17(19)4/h1,7-12,14-15H,6,13H2,2-4H3/b21-15+,24-23?. The summed E-state index contributed by atoms with van der Waals surface area (Å²) in [6.45, 7) is 6.74. The summed E-state index contributed by atoms with van der Waals surface area (Å²) in [5, 5.41) is 0.689. The summed E-state index contributed by atoms with van der Waals surface area (Å²) in [5.74, 6) is 3.07.